The standard InChI is InChI=1S/C22H17N3/c1-3-14(2)15-8-6-12-19-20(15)21-16(9-7-13-23-21)22-24-17-10-4-5-11-18(17)25(19)22/h3-14H,1H2,2H3. The minimum Gasteiger partial charge on any atom is -0.292 e. The van der Waals surface area contributed by atoms with Crippen molar-refractivity contribution < 1.29 is 0 Å². The Morgan fingerprint density at radius 2 is 1.84 bits per heavy atom. The van der Waals surface area contributed by atoms with Crippen LogP contribution in [0.15, 0.2) is 73.4 Å². The van der Waals surface area contributed by atoms with E-state index < -0.39 is 0 Å². The summed E-state index contributed by atoms with van der Waals surface area (Å²) in [4.78, 5) is 9.61. The van der Waals surface area contributed by atoms with Crippen LogP contribution in [-0.4, -0.2) is 14.4 Å². The van der Waals surface area contributed by atoms with Crippen molar-refractivity contribution in [1.82, 2.24) is 14.4 Å². The summed E-state index contributed by atoms with van der Waals surface area (Å²) in [5.74, 6) is 0.251. The van der Waals surface area contributed by atoms with E-state index >= 15 is 0 Å². The van der Waals surface area contributed by atoms with Crippen LogP contribution in [0.1, 0.15) is 18.4 Å². The molecule has 0 saturated carbocycles. The number of para-hydroxylation sites is 2. The molecule has 2 aromatic carbocycles. The summed E-state index contributed by atoms with van der Waals surface area (Å²) >= 11 is 0. The van der Waals surface area contributed by atoms with Gasteiger partial charge in [0.15, 0.2) is 0 Å². The highest BCUT2D eigenvalue weighted by atomic mass is 15.0. The molecule has 1 unspecified atom stereocenters. The number of hydrogen-bond acceptors (Lipinski definition) is 2. The molecule has 0 aliphatic carbocycles. The molecule has 0 N–H and O–H groups in total. The van der Waals surface area contributed by atoms with Gasteiger partial charge < -0.3 is 0 Å². The van der Waals surface area contributed by atoms with Gasteiger partial charge in [-0.2, -0.15) is 0 Å². The Hall–Kier alpha value is -3.20. The summed E-state index contributed by atoms with van der Waals surface area (Å²) in [6.45, 7) is 6.16. The first-order valence-corrected chi connectivity index (χ1v) is 8.48. The van der Waals surface area contributed by atoms with Gasteiger partial charge in [-0.15, -0.1) is 6.58 Å². The van der Waals surface area contributed by atoms with Crippen LogP contribution in [0, 0.1) is 0 Å². The predicted octanol–water partition coefficient (Wildman–Crippen LogP) is 5.48. The third-order valence-corrected chi connectivity index (χ3v) is 5.01. The molecule has 0 amide bonds. The molecule has 3 heteroatoms. The molecule has 0 fully saturated rings. The Balaban J connectivity index is 2.16. The van der Waals surface area contributed by atoms with E-state index in [1.807, 2.05) is 24.4 Å². The molecule has 0 radical (unpaired) electrons. The van der Waals surface area contributed by atoms with E-state index in [0.717, 1.165) is 33.1 Å². The molecule has 3 aromatic heterocycles. The minimum atomic E-state index is 0.251. The highest BCUT2D eigenvalue weighted by Gasteiger charge is 2.17. The Kier molecular flexibility index (Phi) is 2.92. The summed E-state index contributed by atoms with van der Waals surface area (Å²) in [6, 6.07) is 18.8. The topological polar surface area (TPSA) is 30.2 Å². The number of imidazole rings is 1. The van der Waals surface area contributed by atoms with Crippen molar-refractivity contribution in [1.29, 1.82) is 0 Å². The lowest BCUT2D eigenvalue weighted by Gasteiger charge is -2.14. The second-order valence-electron chi connectivity index (χ2n) is 6.42. The number of nitrogens with zero attached hydrogens (tertiary/aromatic N) is 3. The van der Waals surface area contributed by atoms with Crippen LogP contribution in [-0.2, 0) is 0 Å². The maximum Gasteiger partial charge on any atom is 0.147 e. The number of fused-ring (bicyclic) bond motifs is 8. The molecule has 0 aliphatic rings. The van der Waals surface area contributed by atoms with Crippen LogP contribution in [0.2, 0.25) is 0 Å². The van der Waals surface area contributed by atoms with Crippen LogP contribution in [0.4, 0.5) is 0 Å². The van der Waals surface area contributed by atoms with Crippen LogP contribution >= 0.6 is 0 Å². The lowest BCUT2D eigenvalue weighted by Crippen LogP contribution is -1.98. The molecule has 0 saturated heterocycles. The number of allylic oxidation sites excluding steroid dienone is 1. The quantitative estimate of drug-likeness (QED) is 0.318. The molecule has 5 aromatic rings. The van der Waals surface area contributed by atoms with E-state index in [1.165, 1.54) is 10.9 Å². The van der Waals surface area contributed by atoms with Gasteiger partial charge in [-0.1, -0.05) is 37.3 Å². The smallest absolute Gasteiger partial charge is 0.147 e. The normalized spacial score (nSPS) is 13.0. The maximum atomic E-state index is 4.89. The summed E-state index contributed by atoms with van der Waals surface area (Å²) < 4.78 is 2.26. The molecule has 120 valence electrons. The van der Waals surface area contributed by atoms with Crippen LogP contribution < -0.4 is 0 Å². The van der Waals surface area contributed by atoms with Gasteiger partial charge in [-0.25, -0.2) is 4.98 Å². The van der Waals surface area contributed by atoms with Crippen molar-refractivity contribution in [3.8, 4) is 0 Å². The van der Waals surface area contributed by atoms with Gasteiger partial charge in [-0.3, -0.25) is 9.38 Å². The van der Waals surface area contributed by atoms with Gasteiger partial charge in [0.25, 0.3) is 0 Å². The van der Waals surface area contributed by atoms with Crippen molar-refractivity contribution in [2.24, 2.45) is 0 Å². The van der Waals surface area contributed by atoms with E-state index in [2.05, 4.69) is 60.4 Å². The minimum absolute atomic E-state index is 0.251. The second-order valence-corrected chi connectivity index (χ2v) is 6.42. The number of benzene rings is 2. The zero-order chi connectivity index (χ0) is 17.0. The Morgan fingerprint density at radius 1 is 1.00 bits per heavy atom. The maximum absolute atomic E-state index is 4.89. The highest BCUT2D eigenvalue weighted by Crippen LogP contribution is 2.35. The van der Waals surface area contributed by atoms with Crippen molar-refractivity contribution in [3.05, 3.63) is 79.0 Å². The lowest BCUT2D eigenvalue weighted by molar-refractivity contribution is 0.983. The zero-order valence-electron chi connectivity index (χ0n) is 14.0. The molecule has 0 spiro atoms. The number of rotatable bonds is 2. The van der Waals surface area contributed by atoms with Crippen LogP contribution in [0.3, 0.4) is 0 Å². The van der Waals surface area contributed by atoms with Gasteiger partial charge in [0, 0.05) is 17.0 Å². The molecule has 25 heavy (non-hydrogen) atoms. The number of pyridine rings is 2. The lowest BCUT2D eigenvalue weighted by atomic mass is 9.95. The van der Waals surface area contributed by atoms with Gasteiger partial charge in [0.05, 0.1) is 22.1 Å². The fraction of sp³-hybridized carbons (Fsp3) is 0.0909. The van der Waals surface area contributed by atoms with Crippen molar-refractivity contribution in [2.75, 3.05) is 0 Å². The predicted molar refractivity (Wildman–Crippen MR) is 104 cm³/mol. The molecule has 1 atom stereocenters. The summed E-state index contributed by atoms with van der Waals surface area (Å²) in [5.41, 5.74) is 6.47. The van der Waals surface area contributed by atoms with Crippen LogP contribution in [0.5, 0.6) is 0 Å². The SMILES string of the molecule is C=CC(C)c1cccc2c1c1ncccc1c1nc3ccccc3n21. The molecular weight excluding hydrogens is 306 g/mol. The number of hydrogen-bond donors (Lipinski definition) is 0. The van der Waals surface area contributed by atoms with Crippen molar-refractivity contribution in [2.45, 2.75) is 12.8 Å². The van der Waals surface area contributed by atoms with E-state index in [0.29, 0.717) is 0 Å². The molecule has 0 aliphatic heterocycles. The van der Waals surface area contributed by atoms with E-state index in [-0.39, 0.29) is 5.92 Å². The van der Waals surface area contributed by atoms with E-state index in [9.17, 15) is 0 Å². The molecule has 5 rings (SSSR count). The second kappa shape index (κ2) is 5.15. The molecule has 0 bridgehead atoms. The number of aromatic nitrogens is 3. The Morgan fingerprint density at radius 3 is 2.72 bits per heavy atom. The first kappa shape index (κ1) is 14.2. The molecular formula is C22H17N3. The van der Waals surface area contributed by atoms with Gasteiger partial charge in [0.1, 0.15) is 5.65 Å². The summed E-state index contributed by atoms with van der Waals surface area (Å²) in [7, 11) is 0. The van der Waals surface area contributed by atoms with E-state index in [1.54, 1.807) is 0 Å². The summed E-state index contributed by atoms with van der Waals surface area (Å²) in [5, 5.41) is 2.26. The van der Waals surface area contributed by atoms with Gasteiger partial charge >= 0.3 is 0 Å². The molecule has 3 nitrogen and oxygen atoms in total. The molecule has 3 heterocycles. The third kappa shape index (κ3) is 1.86. The average Bonchev–Trinajstić information content (AvgIpc) is 3.07. The first-order valence-electron chi connectivity index (χ1n) is 8.48. The highest BCUT2D eigenvalue weighted by molar-refractivity contribution is 6.13. The fourth-order valence-corrected chi connectivity index (χ4v) is 3.74. The summed E-state index contributed by atoms with van der Waals surface area (Å²) in [6.07, 6.45) is 3.84. The van der Waals surface area contributed by atoms with Crippen molar-refractivity contribution >= 4 is 38.5 Å². The van der Waals surface area contributed by atoms with Gasteiger partial charge in [-0.05, 0) is 41.8 Å². The largest absolute Gasteiger partial charge is 0.292 e. The Bertz CT molecular complexity index is 1280. The Labute approximate surface area is 145 Å². The monoisotopic (exact) mass is 323 g/mol. The van der Waals surface area contributed by atoms with E-state index in [4.69, 9.17) is 9.97 Å². The zero-order valence-corrected chi connectivity index (χ0v) is 14.0. The van der Waals surface area contributed by atoms with Crippen LogP contribution in [0.25, 0.3) is 38.5 Å². The third-order valence-electron chi connectivity index (χ3n) is 5.01. The first-order chi connectivity index (χ1) is 12.3. The fourth-order valence-electron chi connectivity index (χ4n) is 3.74. The van der Waals surface area contributed by atoms with Crippen molar-refractivity contribution in [3.63, 3.8) is 0 Å². The average molecular weight is 323 g/mol. The van der Waals surface area contributed by atoms with Gasteiger partial charge in [0.2, 0.25) is 0 Å².